The number of hydrogen-bond donors (Lipinski definition) is 2. The number of amides is 3. The van der Waals surface area contributed by atoms with Gasteiger partial charge in [-0.3, -0.25) is 34.6 Å². The lowest BCUT2D eigenvalue weighted by Crippen LogP contribution is -2.61. The first-order valence-electron chi connectivity index (χ1n) is 22.2. The number of piperazine rings is 1. The highest BCUT2D eigenvalue weighted by atomic mass is 19.1. The number of pyridine rings is 1. The second-order valence-corrected chi connectivity index (χ2v) is 19.1. The van der Waals surface area contributed by atoms with E-state index >= 15 is 4.39 Å². The molecule has 1 unspecified atom stereocenters. The van der Waals surface area contributed by atoms with Gasteiger partial charge in [0.25, 0.3) is 5.91 Å². The lowest BCUT2D eigenvalue weighted by atomic mass is 9.90. The Hall–Kier alpha value is -5.22. The van der Waals surface area contributed by atoms with Gasteiger partial charge in [-0.15, -0.1) is 0 Å². The molecule has 4 saturated heterocycles. The molecule has 1 aromatic carbocycles. The molecular formula is C45H56FN11O4. The molecule has 1 aliphatic carbocycles. The lowest BCUT2D eigenvalue weighted by molar-refractivity contribution is -0.136. The number of hydrogen-bond acceptors (Lipinski definition) is 12. The maximum atomic E-state index is 16.1. The second-order valence-electron chi connectivity index (χ2n) is 19.1. The number of ether oxygens (including phenoxy) is 1. The number of imide groups is 1. The van der Waals surface area contributed by atoms with E-state index in [2.05, 4.69) is 76.9 Å². The van der Waals surface area contributed by atoms with E-state index in [0.717, 1.165) is 126 Å². The Balaban J connectivity index is 0.693. The number of nitrogens with zero attached hydrogens (tertiary/aromatic N) is 9. The molecule has 8 heterocycles. The zero-order chi connectivity index (χ0) is 42.0. The van der Waals surface area contributed by atoms with Crippen LogP contribution >= 0.6 is 0 Å². The van der Waals surface area contributed by atoms with Gasteiger partial charge in [0.2, 0.25) is 17.7 Å². The van der Waals surface area contributed by atoms with Crippen molar-refractivity contribution in [2.75, 3.05) is 68.7 Å². The number of benzene rings is 1. The number of halogens is 1. The molecule has 0 radical (unpaired) electrons. The Morgan fingerprint density at radius 2 is 1.62 bits per heavy atom. The predicted octanol–water partition coefficient (Wildman–Crippen LogP) is 4.78. The van der Waals surface area contributed by atoms with Gasteiger partial charge in [-0.25, -0.2) is 19.3 Å². The van der Waals surface area contributed by atoms with E-state index in [1.807, 2.05) is 6.07 Å². The zero-order valence-corrected chi connectivity index (χ0v) is 35.5. The Bertz CT molecular complexity index is 2350. The van der Waals surface area contributed by atoms with Gasteiger partial charge in [-0.05, 0) is 89.7 Å². The van der Waals surface area contributed by atoms with E-state index in [4.69, 9.17) is 4.74 Å². The van der Waals surface area contributed by atoms with Crippen molar-refractivity contribution in [1.29, 1.82) is 0 Å². The molecule has 5 aliphatic heterocycles. The summed E-state index contributed by atoms with van der Waals surface area (Å²) in [7, 11) is 0. The van der Waals surface area contributed by atoms with E-state index in [1.165, 1.54) is 4.90 Å². The molecule has 2 N–H and O–H groups in total. The van der Waals surface area contributed by atoms with Crippen molar-refractivity contribution in [2.45, 2.75) is 95.9 Å². The molecule has 16 heteroatoms. The summed E-state index contributed by atoms with van der Waals surface area (Å²) < 4.78 is 22.2. The number of anilines is 2. The average Bonchev–Trinajstić information content (AvgIpc) is 3.66. The fourth-order valence-corrected chi connectivity index (χ4v) is 10.3. The summed E-state index contributed by atoms with van der Waals surface area (Å²) in [6, 6.07) is 6.69. The number of nitrogens with one attached hydrogen (secondary N) is 2. The zero-order valence-electron chi connectivity index (χ0n) is 35.5. The standard InChI is InChI=1S/C45H56FN11O4/c1-44(2)26-53(23-28-10-16-55(17-11-28)37-21-33(48-27-49-37)41-31-20-39(61-45(3)12-13-45)47-22-34(31)51-52-41)18-19-56(44)24-29-8-14-54(15-9-29)35-5-4-30-32(40(35)46)25-57(43(30)60)36-6-7-38(58)50-42(36)59/h4-5,20-22,27-29,36H,6-19,23-26H2,1-3H3,(H,51,52)(H,50,58,59). The molecule has 0 bridgehead atoms. The molecule has 322 valence electrons. The minimum absolute atomic E-state index is 0.0433. The highest BCUT2D eigenvalue weighted by molar-refractivity contribution is 6.05. The third-order valence-electron chi connectivity index (χ3n) is 14.3. The number of aromatic amines is 1. The molecule has 4 aromatic rings. The van der Waals surface area contributed by atoms with Crippen LogP contribution in [0.1, 0.15) is 88.1 Å². The third-order valence-corrected chi connectivity index (χ3v) is 14.3. The van der Waals surface area contributed by atoms with E-state index < -0.39 is 11.9 Å². The van der Waals surface area contributed by atoms with Gasteiger partial charge in [0.1, 0.15) is 29.5 Å². The van der Waals surface area contributed by atoms with Crippen molar-refractivity contribution in [1.82, 2.24) is 45.2 Å². The highest BCUT2D eigenvalue weighted by Gasteiger charge is 2.42. The van der Waals surface area contributed by atoms with Crippen molar-refractivity contribution in [2.24, 2.45) is 11.8 Å². The molecule has 3 amide bonds. The summed E-state index contributed by atoms with van der Waals surface area (Å²) in [5.74, 6) is 1.17. The molecule has 6 aliphatic rings. The maximum Gasteiger partial charge on any atom is 0.255 e. The number of carbonyl (C=O) groups is 3. The third kappa shape index (κ3) is 7.92. The molecule has 10 rings (SSSR count). The molecular weight excluding hydrogens is 778 g/mol. The normalized spacial score (nSPS) is 23.8. The van der Waals surface area contributed by atoms with Crippen molar-refractivity contribution >= 4 is 40.1 Å². The van der Waals surface area contributed by atoms with Crippen LogP contribution in [0.2, 0.25) is 0 Å². The maximum absolute atomic E-state index is 16.1. The fourth-order valence-electron chi connectivity index (χ4n) is 10.3. The van der Waals surface area contributed by atoms with Gasteiger partial charge >= 0.3 is 0 Å². The number of piperidine rings is 3. The monoisotopic (exact) mass is 833 g/mol. The van der Waals surface area contributed by atoms with Crippen molar-refractivity contribution < 1.29 is 23.5 Å². The van der Waals surface area contributed by atoms with Crippen LogP contribution in [0, 0.1) is 17.7 Å². The molecule has 1 atom stereocenters. The number of carbonyl (C=O) groups excluding carboxylic acids is 3. The van der Waals surface area contributed by atoms with Crippen LogP contribution in [0.3, 0.4) is 0 Å². The average molecular weight is 834 g/mol. The SMILES string of the molecule is CC1(Oc2cc3c(-c4cc(N5CCC(CN6CCN(CC7CCN(c8ccc9c(c8F)CN(C8CCC(=O)NC8=O)C9=O)CC7)C(C)(C)C6)CC5)ncn4)n[nH]c3cn2)CC1. The summed E-state index contributed by atoms with van der Waals surface area (Å²) in [5, 5.41) is 11.0. The Morgan fingerprint density at radius 3 is 2.36 bits per heavy atom. The Kier molecular flexibility index (Phi) is 10.2. The van der Waals surface area contributed by atoms with Gasteiger partial charge in [0.15, 0.2) is 5.82 Å². The van der Waals surface area contributed by atoms with Crippen LogP contribution < -0.4 is 19.9 Å². The molecule has 15 nitrogen and oxygen atoms in total. The van der Waals surface area contributed by atoms with Crippen LogP contribution in [-0.4, -0.2) is 134 Å². The number of fused-ring (bicyclic) bond motifs is 2. The van der Waals surface area contributed by atoms with Gasteiger partial charge < -0.3 is 19.4 Å². The summed E-state index contributed by atoms with van der Waals surface area (Å²) in [6.45, 7) is 15.6. The van der Waals surface area contributed by atoms with Crippen LogP contribution in [0.25, 0.3) is 22.3 Å². The first-order valence-corrected chi connectivity index (χ1v) is 22.2. The fraction of sp³-hybridized carbons (Fsp3) is 0.578. The van der Waals surface area contributed by atoms with Crippen molar-refractivity contribution in [3.05, 3.63) is 53.7 Å². The Labute approximate surface area is 355 Å². The second kappa shape index (κ2) is 15.6. The van der Waals surface area contributed by atoms with E-state index in [1.54, 1.807) is 24.7 Å². The number of aromatic nitrogens is 5. The summed E-state index contributed by atoms with van der Waals surface area (Å²) in [5.41, 5.74) is 3.54. The molecule has 5 fully saturated rings. The quantitative estimate of drug-likeness (QED) is 0.212. The van der Waals surface area contributed by atoms with Crippen molar-refractivity contribution in [3.8, 4) is 17.3 Å². The molecule has 61 heavy (non-hydrogen) atoms. The largest absolute Gasteiger partial charge is 0.471 e. The predicted molar refractivity (Wildman–Crippen MR) is 228 cm³/mol. The first-order chi connectivity index (χ1) is 29.4. The van der Waals surface area contributed by atoms with Gasteiger partial charge in [0, 0.05) is 99.5 Å². The molecule has 3 aromatic heterocycles. The highest BCUT2D eigenvalue weighted by Crippen LogP contribution is 2.40. The summed E-state index contributed by atoms with van der Waals surface area (Å²) in [4.78, 5) is 62.4. The van der Waals surface area contributed by atoms with E-state index in [0.29, 0.717) is 34.5 Å². The Morgan fingerprint density at radius 1 is 0.869 bits per heavy atom. The first kappa shape index (κ1) is 39.9. The van der Waals surface area contributed by atoms with E-state index in [9.17, 15) is 14.4 Å². The molecule has 1 saturated carbocycles. The number of rotatable bonds is 10. The number of H-pyrrole nitrogens is 1. The van der Waals surface area contributed by atoms with Crippen LogP contribution in [0.5, 0.6) is 5.88 Å². The van der Waals surface area contributed by atoms with Crippen LogP contribution in [0.15, 0.2) is 36.8 Å². The smallest absolute Gasteiger partial charge is 0.255 e. The summed E-state index contributed by atoms with van der Waals surface area (Å²) in [6.07, 6.45) is 10.1. The molecule has 0 spiro atoms. The lowest BCUT2D eigenvalue weighted by Gasteiger charge is -2.50. The summed E-state index contributed by atoms with van der Waals surface area (Å²) >= 11 is 0. The van der Waals surface area contributed by atoms with Gasteiger partial charge in [-0.1, -0.05) is 0 Å². The minimum Gasteiger partial charge on any atom is -0.471 e. The van der Waals surface area contributed by atoms with E-state index in [-0.39, 0.29) is 48.2 Å². The van der Waals surface area contributed by atoms with Crippen LogP contribution in [0.4, 0.5) is 15.9 Å². The van der Waals surface area contributed by atoms with Gasteiger partial charge in [-0.2, -0.15) is 5.10 Å². The van der Waals surface area contributed by atoms with Crippen LogP contribution in [-0.2, 0) is 16.1 Å². The minimum atomic E-state index is -0.758. The van der Waals surface area contributed by atoms with Gasteiger partial charge in [0.05, 0.1) is 29.6 Å². The topological polar surface area (TPSA) is 156 Å². The van der Waals surface area contributed by atoms with Crippen molar-refractivity contribution in [3.63, 3.8) is 0 Å².